The average Bonchev–Trinajstić information content (AvgIpc) is 2.87. The van der Waals surface area contributed by atoms with Gasteiger partial charge in [-0.3, -0.25) is 14.4 Å². The van der Waals surface area contributed by atoms with Gasteiger partial charge in [0.05, 0.1) is 13.0 Å². The normalized spacial score (nSPS) is 12.6. The van der Waals surface area contributed by atoms with Crippen molar-refractivity contribution in [3.05, 3.63) is 70.8 Å². The van der Waals surface area contributed by atoms with Gasteiger partial charge in [-0.05, 0) is 70.7 Å². The van der Waals surface area contributed by atoms with E-state index in [2.05, 4.69) is 10.6 Å². The Morgan fingerprint density at radius 2 is 1.62 bits per heavy atom. The molecule has 2 rings (SSSR count). The molecule has 0 radical (unpaired) electrons. The van der Waals surface area contributed by atoms with Crippen LogP contribution in [0.5, 0.6) is 0 Å². The van der Waals surface area contributed by atoms with Crippen LogP contribution in [0.2, 0.25) is 0 Å². The number of nitrogens with one attached hydrogen (secondary N) is 2. The van der Waals surface area contributed by atoms with Gasteiger partial charge in [-0.25, -0.2) is 4.79 Å². The molecule has 0 fully saturated rings. The number of alkyl carbamates (subject to hydrolysis) is 1. The van der Waals surface area contributed by atoms with E-state index in [-0.39, 0.29) is 32.5 Å². The zero-order valence-corrected chi connectivity index (χ0v) is 24.7. The molecule has 2 unspecified atom stereocenters. The minimum atomic E-state index is -0.988. The summed E-state index contributed by atoms with van der Waals surface area (Å²) in [5.74, 6) is -1.28. The standard InChI is InChI=1S/C31H43N3O6/c1-8-34(29(37)25(20-23-13-11-10-12-14-23)33-30(38)40-31(5,6)7)27(24-16-15-21(3)22(4)19-24)28(36)32-18-17-26(35)39-9-2/h10-16,19,25,27H,8-9,17-18,20H2,1-7H3,(H,32,36)(H,33,38). The summed E-state index contributed by atoms with van der Waals surface area (Å²) in [6.07, 6.45) is -0.505. The summed E-state index contributed by atoms with van der Waals surface area (Å²) in [6.45, 7) is 13.2. The van der Waals surface area contributed by atoms with E-state index in [4.69, 9.17) is 9.47 Å². The summed E-state index contributed by atoms with van der Waals surface area (Å²) in [7, 11) is 0. The van der Waals surface area contributed by atoms with Gasteiger partial charge in [-0.1, -0.05) is 48.5 Å². The fourth-order valence-electron chi connectivity index (χ4n) is 4.19. The Morgan fingerprint density at radius 3 is 2.20 bits per heavy atom. The van der Waals surface area contributed by atoms with E-state index in [0.717, 1.165) is 16.7 Å². The number of likely N-dealkylation sites (N-methyl/N-ethyl adjacent to an activating group) is 1. The van der Waals surface area contributed by atoms with Gasteiger partial charge in [0.1, 0.15) is 17.7 Å². The monoisotopic (exact) mass is 553 g/mol. The number of carbonyl (C=O) groups excluding carboxylic acids is 4. The second-order valence-corrected chi connectivity index (χ2v) is 10.6. The lowest BCUT2D eigenvalue weighted by Gasteiger charge is -2.34. The SMILES string of the molecule is CCOC(=O)CCNC(=O)C(c1ccc(C)c(C)c1)N(CC)C(=O)C(Cc1ccccc1)NC(=O)OC(C)(C)C. The number of nitrogens with zero attached hydrogens (tertiary/aromatic N) is 1. The molecule has 2 N–H and O–H groups in total. The molecule has 40 heavy (non-hydrogen) atoms. The number of benzene rings is 2. The Morgan fingerprint density at radius 1 is 0.950 bits per heavy atom. The van der Waals surface area contributed by atoms with Crippen molar-refractivity contribution in [2.24, 2.45) is 0 Å². The summed E-state index contributed by atoms with van der Waals surface area (Å²) in [5.41, 5.74) is 2.73. The van der Waals surface area contributed by atoms with Crippen molar-refractivity contribution in [3.8, 4) is 0 Å². The number of carbonyl (C=O) groups is 4. The molecule has 0 aliphatic heterocycles. The number of hydrogen-bond acceptors (Lipinski definition) is 6. The molecular formula is C31H43N3O6. The van der Waals surface area contributed by atoms with Crippen LogP contribution in [0.25, 0.3) is 0 Å². The van der Waals surface area contributed by atoms with E-state index in [1.165, 1.54) is 4.90 Å². The molecule has 2 aromatic carbocycles. The number of amides is 3. The van der Waals surface area contributed by atoms with E-state index in [0.29, 0.717) is 5.56 Å². The third-order valence-electron chi connectivity index (χ3n) is 6.24. The molecule has 3 amide bonds. The molecule has 9 nitrogen and oxygen atoms in total. The van der Waals surface area contributed by atoms with Gasteiger partial charge < -0.3 is 25.0 Å². The second kappa shape index (κ2) is 15.1. The lowest BCUT2D eigenvalue weighted by Crippen LogP contribution is -2.53. The highest BCUT2D eigenvalue weighted by Gasteiger charge is 2.35. The predicted octanol–water partition coefficient (Wildman–Crippen LogP) is 4.40. The Labute approximate surface area is 237 Å². The number of ether oxygens (including phenoxy) is 2. The lowest BCUT2D eigenvalue weighted by molar-refractivity contribution is -0.144. The van der Waals surface area contributed by atoms with Crippen molar-refractivity contribution >= 4 is 23.9 Å². The first-order valence-electron chi connectivity index (χ1n) is 13.7. The number of rotatable bonds is 12. The number of esters is 1. The number of aryl methyl sites for hydroxylation is 2. The molecule has 0 bridgehead atoms. The maximum atomic E-state index is 14.1. The van der Waals surface area contributed by atoms with Gasteiger partial charge in [-0.2, -0.15) is 0 Å². The summed E-state index contributed by atoms with van der Waals surface area (Å²) in [6, 6.07) is 13.0. The lowest BCUT2D eigenvalue weighted by atomic mass is 9.97. The Hall–Kier alpha value is -3.88. The Balaban J connectivity index is 2.43. The van der Waals surface area contributed by atoms with E-state index in [9.17, 15) is 19.2 Å². The quantitative estimate of drug-likeness (QED) is 0.377. The predicted molar refractivity (Wildman–Crippen MR) is 154 cm³/mol. The van der Waals surface area contributed by atoms with Crippen LogP contribution in [-0.2, 0) is 30.3 Å². The third-order valence-corrected chi connectivity index (χ3v) is 6.24. The van der Waals surface area contributed by atoms with E-state index in [1.54, 1.807) is 34.6 Å². The molecule has 0 heterocycles. The van der Waals surface area contributed by atoms with E-state index < -0.39 is 41.6 Å². The van der Waals surface area contributed by atoms with Crippen LogP contribution in [0.15, 0.2) is 48.5 Å². The van der Waals surface area contributed by atoms with Crippen LogP contribution in [0.1, 0.15) is 69.3 Å². The topological polar surface area (TPSA) is 114 Å². The zero-order valence-electron chi connectivity index (χ0n) is 24.7. The van der Waals surface area contributed by atoms with Crippen molar-refractivity contribution in [2.45, 2.75) is 79.0 Å². The van der Waals surface area contributed by atoms with E-state index >= 15 is 0 Å². The first kappa shape index (κ1) is 32.3. The largest absolute Gasteiger partial charge is 0.466 e. The van der Waals surface area contributed by atoms with Crippen molar-refractivity contribution in [1.82, 2.24) is 15.5 Å². The molecule has 9 heteroatoms. The minimum absolute atomic E-state index is 0.0100. The molecule has 218 valence electrons. The van der Waals surface area contributed by atoms with E-state index in [1.807, 2.05) is 62.4 Å². The van der Waals surface area contributed by atoms with Gasteiger partial charge in [0.25, 0.3) is 0 Å². The Kier molecular flexibility index (Phi) is 12.2. The fourth-order valence-corrected chi connectivity index (χ4v) is 4.19. The first-order chi connectivity index (χ1) is 18.9. The van der Waals surface area contributed by atoms with Crippen molar-refractivity contribution in [1.29, 1.82) is 0 Å². The van der Waals surface area contributed by atoms with Gasteiger partial charge in [0.2, 0.25) is 11.8 Å². The maximum absolute atomic E-state index is 14.1. The summed E-state index contributed by atoms with van der Waals surface area (Å²) < 4.78 is 10.4. The zero-order chi connectivity index (χ0) is 29.9. The highest BCUT2D eigenvalue weighted by atomic mass is 16.6. The average molecular weight is 554 g/mol. The minimum Gasteiger partial charge on any atom is -0.466 e. The van der Waals surface area contributed by atoms with Crippen LogP contribution >= 0.6 is 0 Å². The van der Waals surface area contributed by atoms with Crippen molar-refractivity contribution in [2.75, 3.05) is 19.7 Å². The molecule has 0 saturated carbocycles. The highest BCUT2D eigenvalue weighted by molar-refractivity contribution is 5.92. The third kappa shape index (κ3) is 10.0. The van der Waals surface area contributed by atoms with Gasteiger partial charge in [0, 0.05) is 19.5 Å². The van der Waals surface area contributed by atoms with Crippen LogP contribution < -0.4 is 10.6 Å². The highest BCUT2D eigenvalue weighted by Crippen LogP contribution is 2.25. The number of hydrogen-bond donors (Lipinski definition) is 2. The molecular weight excluding hydrogens is 510 g/mol. The fraction of sp³-hybridized carbons (Fsp3) is 0.484. The smallest absolute Gasteiger partial charge is 0.408 e. The van der Waals surface area contributed by atoms with Gasteiger partial charge in [0.15, 0.2) is 0 Å². The molecule has 2 aromatic rings. The molecule has 0 aromatic heterocycles. The first-order valence-corrected chi connectivity index (χ1v) is 13.7. The van der Waals surface area contributed by atoms with Crippen LogP contribution in [0.4, 0.5) is 4.79 Å². The molecule has 0 aliphatic rings. The van der Waals surface area contributed by atoms with Crippen molar-refractivity contribution in [3.63, 3.8) is 0 Å². The molecule has 0 aliphatic carbocycles. The molecule has 0 spiro atoms. The summed E-state index contributed by atoms with van der Waals surface area (Å²) in [4.78, 5) is 53.8. The van der Waals surface area contributed by atoms with Gasteiger partial charge in [-0.15, -0.1) is 0 Å². The summed E-state index contributed by atoms with van der Waals surface area (Å²) in [5, 5.41) is 5.52. The summed E-state index contributed by atoms with van der Waals surface area (Å²) >= 11 is 0. The van der Waals surface area contributed by atoms with Gasteiger partial charge >= 0.3 is 12.1 Å². The van der Waals surface area contributed by atoms with Crippen LogP contribution in [0, 0.1) is 13.8 Å². The van der Waals surface area contributed by atoms with Crippen molar-refractivity contribution < 1.29 is 28.7 Å². The Bertz CT molecular complexity index is 1160. The molecule has 0 saturated heterocycles. The van der Waals surface area contributed by atoms with Crippen LogP contribution in [0.3, 0.4) is 0 Å². The maximum Gasteiger partial charge on any atom is 0.408 e. The molecule has 2 atom stereocenters. The van der Waals surface area contributed by atoms with Crippen LogP contribution in [-0.4, -0.2) is 60.1 Å². The second-order valence-electron chi connectivity index (χ2n) is 10.6.